The third-order valence-electron chi connectivity index (χ3n) is 3.14. The molecule has 1 aliphatic rings. The average molecular weight is 300 g/mol. The molecule has 1 N–H and O–H groups in total. The van der Waals surface area contributed by atoms with Crippen molar-refractivity contribution in [3.8, 4) is 0 Å². The van der Waals surface area contributed by atoms with Gasteiger partial charge in [0, 0.05) is 21.5 Å². The van der Waals surface area contributed by atoms with Gasteiger partial charge >= 0.3 is 0 Å². The van der Waals surface area contributed by atoms with Gasteiger partial charge in [-0.25, -0.2) is 0 Å². The first-order valence-electron chi connectivity index (χ1n) is 5.81. The van der Waals surface area contributed by atoms with Crippen molar-refractivity contribution >= 4 is 33.4 Å². The van der Waals surface area contributed by atoms with Crippen molar-refractivity contribution < 1.29 is 0 Å². The highest BCUT2D eigenvalue weighted by molar-refractivity contribution is 9.10. The Hall–Kier alpha value is -0.150. The van der Waals surface area contributed by atoms with Crippen LogP contribution in [0.5, 0.6) is 0 Å². The molecule has 1 aromatic carbocycles. The van der Waals surface area contributed by atoms with Gasteiger partial charge in [0.15, 0.2) is 0 Å². The van der Waals surface area contributed by atoms with Gasteiger partial charge in [0.1, 0.15) is 0 Å². The van der Waals surface area contributed by atoms with E-state index in [0.717, 1.165) is 9.72 Å². The number of hydrogen-bond acceptors (Lipinski definition) is 2. The zero-order valence-corrected chi connectivity index (χ0v) is 12.2. The lowest BCUT2D eigenvalue weighted by atomic mass is 10.1. The van der Waals surface area contributed by atoms with E-state index < -0.39 is 0 Å². The molecule has 1 nitrogen and oxygen atoms in total. The maximum atomic E-state index is 3.68. The van der Waals surface area contributed by atoms with Crippen LogP contribution in [0.15, 0.2) is 22.7 Å². The molecule has 2 unspecified atom stereocenters. The molecule has 88 valence electrons. The molecule has 0 aliphatic carbocycles. The third-order valence-corrected chi connectivity index (χ3v) is 5.01. The first kappa shape index (κ1) is 12.3. The molecule has 1 heterocycles. The molecule has 1 fully saturated rings. The fraction of sp³-hybridized carbons (Fsp3) is 0.538. The van der Waals surface area contributed by atoms with Crippen molar-refractivity contribution in [2.45, 2.75) is 38.0 Å². The highest BCUT2D eigenvalue weighted by Gasteiger charge is 2.21. The van der Waals surface area contributed by atoms with E-state index in [9.17, 15) is 0 Å². The lowest BCUT2D eigenvalue weighted by molar-refractivity contribution is 0.617. The van der Waals surface area contributed by atoms with Gasteiger partial charge in [-0.3, -0.25) is 0 Å². The van der Waals surface area contributed by atoms with Crippen LogP contribution in [0, 0.1) is 6.92 Å². The van der Waals surface area contributed by atoms with E-state index in [4.69, 9.17) is 0 Å². The molecule has 0 spiro atoms. The van der Waals surface area contributed by atoms with E-state index in [1.807, 2.05) is 0 Å². The average Bonchev–Trinajstić information content (AvgIpc) is 2.25. The number of benzene rings is 1. The maximum absolute atomic E-state index is 3.68. The summed E-state index contributed by atoms with van der Waals surface area (Å²) >= 11 is 5.58. The second kappa shape index (κ2) is 5.46. The van der Waals surface area contributed by atoms with Crippen LogP contribution in [-0.4, -0.2) is 17.0 Å². The smallest absolute Gasteiger partial charge is 0.0377 e. The predicted octanol–water partition coefficient (Wildman–Crippen LogP) is 4.45. The van der Waals surface area contributed by atoms with Gasteiger partial charge in [0.25, 0.3) is 0 Å². The van der Waals surface area contributed by atoms with Crippen molar-refractivity contribution in [2.24, 2.45) is 0 Å². The zero-order chi connectivity index (χ0) is 11.5. The summed E-state index contributed by atoms with van der Waals surface area (Å²) in [5, 5.41) is 4.40. The lowest BCUT2D eigenvalue weighted by Gasteiger charge is -2.30. The van der Waals surface area contributed by atoms with E-state index >= 15 is 0 Å². The number of aryl methyl sites for hydroxylation is 1. The fourth-order valence-corrected chi connectivity index (χ4v) is 3.72. The van der Waals surface area contributed by atoms with Gasteiger partial charge in [-0.1, -0.05) is 22.9 Å². The molecular weight excluding hydrogens is 282 g/mol. The molecule has 1 aromatic rings. The molecule has 0 amide bonds. The summed E-state index contributed by atoms with van der Waals surface area (Å²) in [5.74, 6) is 1.32. The summed E-state index contributed by atoms with van der Waals surface area (Å²) in [6.07, 6.45) is 2.63. The highest BCUT2D eigenvalue weighted by atomic mass is 79.9. The second-order valence-corrected chi connectivity index (χ2v) is 6.83. The minimum absolute atomic E-state index is 0.624. The monoisotopic (exact) mass is 299 g/mol. The largest absolute Gasteiger partial charge is 0.381 e. The zero-order valence-electron chi connectivity index (χ0n) is 9.79. The van der Waals surface area contributed by atoms with E-state index in [0.29, 0.717) is 6.04 Å². The molecule has 0 bridgehead atoms. The summed E-state index contributed by atoms with van der Waals surface area (Å²) in [6.45, 7) is 4.49. The molecule has 0 aromatic heterocycles. The standard InChI is InChI=1S/C13H18BrNS/c1-9-8-11(14)5-6-12(9)15-13-4-3-7-16-10(13)2/h5-6,8,10,13,15H,3-4,7H2,1-2H3. The number of anilines is 1. The van der Waals surface area contributed by atoms with Gasteiger partial charge in [-0.2, -0.15) is 11.8 Å². The normalized spacial score (nSPS) is 25.4. The molecular formula is C13H18BrNS. The van der Waals surface area contributed by atoms with E-state index in [2.05, 4.69) is 65.1 Å². The van der Waals surface area contributed by atoms with Crippen LogP contribution < -0.4 is 5.32 Å². The topological polar surface area (TPSA) is 12.0 Å². The summed E-state index contributed by atoms with van der Waals surface area (Å²) in [5.41, 5.74) is 2.60. The maximum Gasteiger partial charge on any atom is 0.0377 e. The van der Waals surface area contributed by atoms with Crippen molar-refractivity contribution in [1.29, 1.82) is 0 Å². The van der Waals surface area contributed by atoms with Gasteiger partial charge in [0.2, 0.25) is 0 Å². The quantitative estimate of drug-likeness (QED) is 0.866. The minimum Gasteiger partial charge on any atom is -0.381 e. The number of thioether (sulfide) groups is 1. The number of nitrogens with one attached hydrogen (secondary N) is 1. The third kappa shape index (κ3) is 2.95. The van der Waals surface area contributed by atoms with Crippen LogP contribution in [0.25, 0.3) is 0 Å². The SMILES string of the molecule is Cc1cc(Br)ccc1NC1CCCSC1C. The Morgan fingerprint density at radius 1 is 1.44 bits per heavy atom. The van der Waals surface area contributed by atoms with Crippen LogP contribution >= 0.6 is 27.7 Å². The van der Waals surface area contributed by atoms with Crippen molar-refractivity contribution in [3.05, 3.63) is 28.2 Å². The molecule has 0 radical (unpaired) electrons. The Balaban J connectivity index is 2.07. The van der Waals surface area contributed by atoms with E-state index in [1.54, 1.807) is 0 Å². The second-order valence-electron chi connectivity index (χ2n) is 4.43. The molecule has 16 heavy (non-hydrogen) atoms. The van der Waals surface area contributed by atoms with Gasteiger partial charge in [-0.05, 0) is 49.3 Å². The van der Waals surface area contributed by atoms with Crippen molar-refractivity contribution in [3.63, 3.8) is 0 Å². The molecule has 0 saturated carbocycles. The molecule has 3 heteroatoms. The summed E-state index contributed by atoms with van der Waals surface area (Å²) < 4.78 is 1.15. The van der Waals surface area contributed by atoms with Crippen LogP contribution in [0.2, 0.25) is 0 Å². The first-order chi connectivity index (χ1) is 7.66. The highest BCUT2D eigenvalue weighted by Crippen LogP contribution is 2.29. The first-order valence-corrected chi connectivity index (χ1v) is 7.65. The minimum atomic E-state index is 0.624. The molecule has 1 saturated heterocycles. The van der Waals surface area contributed by atoms with Crippen LogP contribution in [0.3, 0.4) is 0 Å². The Morgan fingerprint density at radius 2 is 2.25 bits per heavy atom. The van der Waals surface area contributed by atoms with Gasteiger partial charge in [0.05, 0.1) is 0 Å². The summed E-state index contributed by atoms with van der Waals surface area (Å²) in [7, 11) is 0. The Kier molecular flexibility index (Phi) is 4.20. The number of halogens is 1. The Labute approximate surface area is 111 Å². The molecule has 2 rings (SSSR count). The lowest BCUT2D eigenvalue weighted by Crippen LogP contribution is -2.32. The Morgan fingerprint density at radius 3 is 2.94 bits per heavy atom. The van der Waals surface area contributed by atoms with Crippen molar-refractivity contribution in [2.75, 3.05) is 11.1 Å². The molecule has 1 aliphatic heterocycles. The number of hydrogen-bond donors (Lipinski definition) is 1. The van der Waals surface area contributed by atoms with Gasteiger partial charge < -0.3 is 5.32 Å². The molecule has 2 atom stereocenters. The van der Waals surface area contributed by atoms with E-state index in [-0.39, 0.29) is 0 Å². The van der Waals surface area contributed by atoms with Crippen molar-refractivity contribution in [1.82, 2.24) is 0 Å². The van der Waals surface area contributed by atoms with Crippen LogP contribution in [0.4, 0.5) is 5.69 Å². The summed E-state index contributed by atoms with van der Waals surface area (Å²) in [4.78, 5) is 0. The summed E-state index contributed by atoms with van der Waals surface area (Å²) in [6, 6.07) is 7.07. The van der Waals surface area contributed by atoms with Crippen LogP contribution in [0.1, 0.15) is 25.3 Å². The van der Waals surface area contributed by atoms with Crippen LogP contribution in [-0.2, 0) is 0 Å². The van der Waals surface area contributed by atoms with E-state index in [1.165, 1.54) is 29.8 Å². The number of rotatable bonds is 2. The predicted molar refractivity (Wildman–Crippen MR) is 77.4 cm³/mol. The Bertz CT molecular complexity index is 367. The fourth-order valence-electron chi connectivity index (χ4n) is 2.10. The van der Waals surface area contributed by atoms with Gasteiger partial charge in [-0.15, -0.1) is 0 Å².